The van der Waals surface area contributed by atoms with E-state index in [9.17, 15) is 4.79 Å². The number of aromatic nitrogens is 2. The molecule has 0 saturated carbocycles. The molecular weight excluding hydrogens is 464 g/mol. The molecule has 1 fully saturated rings. The van der Waals surface area contributed by atoms with E-state index in [4.69, 9.17) is 4.74 Å². The van der Waals surface area contributed by atoms with E-state index in [1.54, 1.807) is 6.20 Å². The number of dihydropyridines is 1. The second-order valence-corrected chi connectivity index (χ2v) is 10.9. The molecule has 8 heteroatoms. The fraction of sp³-hybridized carbons (Fsp3) is 0.414. The third-order valence-corrected chi connectivity index (χ3v) is 6.93. The number of nitrogens with zero attached hydrogens (tertiary/aromatic N) is 2. The maximum Gasteiger partial charge on any atom is 0.259 e. The van der Waals surface area contributed by atoms with E-state index < -0.39 is 0 Å². The SMILES string of the molecule is CC(C)(C)c1ccc(NC(=O)C2=CCCN=C2Nc2ccc3cn[nH]c3c2)cc1OCC1CCNCC1. The molecule has 3 aromatic rings. The molecule has 0 radical (unpaired) electrons. The molecule has 0 bridgehead atoms. The Kier molecular flexibility index (Phi) is 7.28. The van der Waals surface area contributed by atoms with Gasteiger partial charge in [-0.3, -0.25) is 14.9 Å². The number of anilines is 2. The van der Waals surface area contributed by atoms with Crippen LogP contribution in [0.3, 0.4) is 0 Å². The van der Waals surface area contributed by atoms with Crippen molar-refractivity contribution in [3.63, 3.8) is 0 Å². The molecule has 2 aliphatic heterocycles. The Morgan fingerprint density at radius 3 is 2.73 bits per heavy atom. The van der Waals surface area contributed by atoms with Gasteiger partial charge in [0.25, 0.3) is 5.91 Å². The van der Waals surface area contributed by atoms with Gasteiger partial charge in [-0.15, -0.1) is 0 Å². The summed E-state index contributed by atoms with van der Waals surface area (Å²) >= 11 is 0. The lowest BCUT2D eigenvalue weighted by Crippen LogP contribution is -2.31. The van der Waals surface area contributed by atoms with Crippen molar-refractivity contribution in [2.24, 2.45) is 10.9 Å². The number of carbonyl (C=O) groups excluding carboxylic acids is 1. The average Bonchev–Trinajstić information content (AvgIpc) is 3.36. The van der Waals surface area contributed by atoms with E-state index in [0.29, 0.717) is 36.2 Å². The average molecular weight is 501 g/mol. The first-order chi connectivity index (χ1) is 17.9. The zero-order chi connectivity index (χ0) is 25.8. The highest BCUT2D eigenvalue weighted by atomic mass is 16.5. The van der Waals surface area contributed by atoms with E-state index in [-0.39, 0.29) is 11.3 Å². The molecule has 2 aliphatic rings. The van der Waals surface area contributed by atoms with E-state index in [2.05, 4.69) is 58.0 Å². The molecular formula is C29H36N6O2. The third kappa shape index (κ3) is 6.02. The van der Waals surface area contributed by atoms with Crippen LogP contribution in [0.15, 0.2) is 59.2 Å². The maximum atomic E-state index is 13.4. The van der Waals surface area contributed by atoms with E-state index >= 15 is 0 Å². The molecule has 1 saturated heterocycles. The number of hydrogen-bond donors (Lipinski definition) is 4. The minimum Gasteiger partial charge on any atom is -0.493 e. The monoisotopic (exact) mass is 500 g/mol. The second kappa shape index (κ2) is 10.8. The highest BCUT2D eigenvalue weighted by Gasteiger charge is 2.23. The van der Waals surface area contributed by atoms with Crippen molar-refractivity contribution in [1.29, 1.82) is 0 Å². The molecule has 3 heterocycles. The number of rotatable bonds is 6. The predicted octanol–water partition coefficient (Wildman–Crippen LogP) is 5.02. The molecule has 0 atom stereocenters. The summed E-state index contributed by atoms with van der Waals surface area (Å²) < 4.78 is 6.36. The summed E-state index contributed by atoms with van der Waals surface area (Å²) in [5.41, 5.74) is 4.08. The van der Waals surface area contributed by atoms with Crippen LogP contribution in [0.5, 0.6) is 5.75 Å². The Morgan fingerprint density at radius 1 is 1.11 bits per heavy atom. The van der Waals surface area contributed by atoms with E-state index in [1.165, 1.54) is 0 Å². The van der Waals surface area contributed by atoms with Crippen molar-refractivity contribution >= 4 is 34.0 Å². The van der Waals surface area contributed by atoms with Gasteiger partial charge in [-0.2, -0.15) is 5.10 Å². The van der Waals surface area contributed by atoms with Crippen LogP contribution < -0.4 is 20.7 Å². The number of hydrogen-bond acceptors (Lipinski definition) is 6. The summed E-state index contributed by atoms with van der Waals surface area (Å²) in [6.07, 6.45) is 6.69. The van der Waals surface area contributed by atoms with Crippen LogP contribution in [-0.4, -0.2) is 48.2 Å². The topological polar surface area (TPSA) is 103 Å². The summed E-state index contributed by atoms with van der Waals surface area (Å²) in [7, 11) is 0. The summed E-state index contributed by atoms with van der Waals surface area (Å²) in [5, 5.41) is 17.9. The van der Waals surface area contributed by atoms with Crippen LogP contribution in [0.4, 0.5) is 11.4 Å². The standard InChI is InChI=1S/C29H36N6O2/c1-29(2,3)24-9-8-22(16-26(24)37-18-19-10-13-30-14-11-19)34-28(36)23-5-4-12-31-27(23)33-21-7-6-20-17-32-35-25(20)15-21/h5-9,15-17,19,30H,4,10-14,18H2,1-3H3,(H,31,33)(H,32,35)(H,34,36). The van der Waals surface area contributed by atoms with Gasteiger partial charge in [0.2, 0.25) is 0 Å². The Bertz CT molecular complexity index is 1330. The molecule has 2 aromatic carbocycles. The van der Waals surface area contributed by atoms with Crippen LogP contribution in [0.1, 0.15) is 45.6 Å². The number of benzene rings is 2. The lowest BCUT2D eigenvalue weighted by Gasteiger charge is -2.27. The fourth-order valence-corrected chi connectivity index (χ4v) is 4.82. The molecule has 5 rings (SSSR count). The molecule has 37 heavy (non-hydrogen) atoms. The molecule has 4 N–H and O–H groups in total. The lowest BCUT2D eigenvalue weighted by molar-refractivity contribution is -0.112. The summed E-state index contributed by atoms with van der Waals surface area (Å²) in [4.78, 5) is 18.0. The van der Waals surface area contributed by atoms with Crippen molar-refractivity contribution in [2.45, 2.75) is 45.4 Å². The van der Waals surface area contributed by atoms with Gasteiger partial charge >= 0.3 is 0 Å². The second-order valence-electron chi connectivity index (χ2n) is 10.9. The number of amides is 1. The molecule has 8 nitrogen and oxygen atoms in total. The van der Waals surface area contributed by atoms with Crippen LogP contribution in [0.2, 0.25) is 0 Å². The van der Waals surface area contributed by atoms with Gasteiger partial charge in [-0.05, 0) is 73.5 Å². The fourth-order valence-electron chi connectivity index (χ4n) is 4.82. The third-order valence-electron chi connectivity index (χ3n) is 6.93. The Labute approximate surface area is 218 Å². The van der Waals surface area contributed by atoms with Crippen molar-refractivity contribution in [3.05, 3.63) is 59.8 Å². The van der Waals surface area contributed by atoms with Crippen molar-refractivity contribution in [3.8, 4) is 5.75 Å². The molecule has 194 valence electrons. The first-order valence-corrected chi connectivity index (χ1v) is 13.1. The van der Waals surface area contributed by atoms with Crippen molar-refractivity contribution in [1.82, 2.24) is 15.5 Å². The van der Waals surface area contributed by atoms with Crippen LogP contribution >= 0.6 is 0 Å². The molecule has 0 unspecified atom stereocenters. The van der Waals surface area contributed by atoms with Gasteiger partial charge in [0, 0.05) is 29.4 Å². The summed E-state index contributed by atoms with van der Waals surface area (Å²) in [5.74, 6) is 1.75. The first kappa shape index (κ1) is 25.0. The number of ether oxygens (including phenoxy) is 1. The number of H-pyrrole nitrogens is 1. The van der Waals surface area contributed by atoms with Gasteiger partial charge in [-0.1, -0.05) is 32.9 Å². The van der Waals surface area contributed by atoms with Crippen LogP contribution in [0, 0.1) is 5.92 Å². The number of nitrogens with one attached hydrogen (secondary N) is 4. The predicted molar refractivity (Wildman–Crippen MR) is 150 cm³/mol. The van der Waals surface area contributed by atoms with Crippen molar-refractivity contribution < 1.29 is 9.53 Å². The minimum absolute atomic E-state index is 0.0720. The van der Waals surface area contributed by atoms with Crippen LogP contribution in [-0.2, 0) is 10.2 Å². The van der Waals surface area contributed by atoms with E-state index in [0.717, 1.165) is 60.3 Å². The highest BCUT2D eigenvalue weighted by molar-refractivity contribution is 6.28. The van der Waals surface area contributed by atoms with Crippen LogP contribution in [0.25, 0.3) is 10.9 Å². The smallest absolute Gasteiger partial charge is 0.259 e. The number of aliphatic imine (C=N–C) groups is 1. The largest absolute Gasteiger partial charge is 0.493 e. The van der Waals surface area contributed by atoms with Gasteiger partial charge in [0.1, 0.15) is 11.6 Å². The molecule has 1 amide bonds. The zero-order valence-electron chi connectivity index (χ0n) is 21.9. The maximum absolute atomic E-state index is 13.4. The first-order valence-electron chi connectivity index (χ1n) is 13.1. The zero-order valence-corrected chi connectivity index (χ0v) is 21.9. The Hall–Kier alpha value is -3.65. The number of carbonyl (C=O) groups is 1. The van der Waals surface area contributed by atoms with Gasteiger partial charge in [0.05, 0.1) is 23.9 Å². The molecule has 1 aromatic heterocycles. The number of amidine groups is 1. The van der Waals surface area contributed by atoms with Gasteiger partial charge in [0.15, 0.2) is 0 Å². The van der Waals surface area contributed by atoms with E-state index in [1.807, 2.05) is 36.4 Å². The minimum atomic E-state index is -0.193. The number of fused-ring (bicyclic) bond motifs is 1. The summed E-state index contributed by atoms with van der Waals surface area (Å²) in [6, 6.07) is 11.9. The Morgan fingerprint density at radius 2 is 1.92 bits per heavy atom. The highest BCUT2D eigenvalue weighted by Crippen LogP contribution is 2.34. The lowest BCUT2D eigenvalue weighted by atomic mass is 9.86. The quantitative estimate of drug-likeness (QED) is 0.381. The normalized spacial score (nSPS) is 16.7. The number of piperidine rings is 1. The van der Waals surface area contributed by atoms with Gasteiger partial charge < -0.3 is 20.7 Å². The van der Waals surface area contributed by atoms with Gasteiger partial charge in [-0.25, -0.2) is 0 Å². The number of aromatic amines is 1. The van der Waals surface area contributed by atoms with Crippen molar-refractivity contribution in [2.75, 3.05) is 36.9 Å². The molecule has 0 aliphatic carbocycles. The summed E-state index contributed by atoms with van der Waals surface area (Å²) in [6.45, 7) is 9.95. The molecule has 0 spiro atoms. The Balaban J connectivity index is 1.31.